The van der Waals surface area contributed by atoms with Crippen molar-refractivity contribution in [2.75, 3.05) is 7.11 Å². The first-order valence-corrected chi connectivity index (χ1v) is 10.5. The van der Waals surface area contributed by atoms with Gasteiger partial charge in [0.15, 0.2) is 0 Å². The maximum atomic E-state index is 13.8. The summed E-state index contributed by atoms with van der Waals surface area (Å²) in [7, 11) is 1.65. The lowest BCUT2D eigenvalue weighted by molar-refractivity contribution is 0.0725. The second-order valence-electron chi connectivity index (χ2n) is 7.64. The van der Waals surface area contributed by atoms with Gasteiger partial charge in [0.1, 0.15) is 11.6 Å². The molecule has 0 saturated heterocycles. The number of hydrogen-bond acceptors (Lipinski definition) is 2. The molecule has 4 nitrogen and oxygen atoms in total. The molecule has 0 aliphatic rings. The van der Waals surface area contributed by atoms with Crippen LogP contribution in [0.2, 0.25) is 0 Å². The minimum atomic E-state index is -0.420. The normalized spacial score (nSPS) is 10.7. The fourth-order valence-electron chi connectivity index (χ4n) is 3.72. The van der Waals surface area contributed by atoms with E-state index >= 15 is 0 Å². The molecule has 0 radical (unpaired) electrons. The maximum absolute atomic E-state index is 13.8. The fraction of sp³-hybridized carbons (Fsp3) is 0.148. The van der Waals surface area contributed by atoms with Crippen LogP contribution in [0.5, 0.6) is 5.75 Å². The van der Waals surface area contributed by atoms with Gasteiger partial charge in [0.2, 0.25) is 0 Å². The average Bonchev–Trinajstić information content (AvgIpc) is 3.25. The predicted octanol–water partition coefficient (Wildman–Crippen LogP) is 5.53. The quantitative estimate of drug-likeness (QED) is 0.370. The van der Waals surface area contributed by atoms with E-state index < -0.39 is 5.82 Å². The van der Waals surface area contributed by atoms with E-state index in [1.54, 1.807) is 24.1 Å². The lowest BCUT2D eigenvalue weighted by Gasteiger charge is -2.24. The monoisotopic (exact) mass is 428 g/mol. The smallest absolute Gasteiger partial charge is 0.254 e. The Labute approximate surface area is 187 Å². The molecule has 1 heterocycles. The SMILES string of the molecule is COc1cccc(Cn2cccc2CN(Cc2ccccc2)C(=O)c2cccc(F)c2)c1. The van der Waals surface area contributed by atoms with Gasteiger partial charge in [-0.1, -0.05) is 48.5 Å². The van der Waals surface area contributed by atoms with Crippen LogP contribution >= 0.6 is 0 Å². The Balaban J connectivity index is 1.60. The number of hydrogen-bond donors (Lipinski definition) is 0. The zero-order valence-corrected chi connectivity index (χ0v) is 17.9. The van der Waals surface area contributed by atoms with Crippen LogP contribution in [0.25, 0.3) is 0 Å². The minimum absolute atomic E-state index is 0.206. The number of benzene rings is 3. The molecule has 0 spiro atoms. The molecule has 0 unspecified atom stereocenters. The number of nitrogens with zero attached hydrogens (tertiary/aromatic N) is 2. The zero-order chi connectivity index (χ0) is 22.3. The number of amides is 1. The van der Waals surface area contributed by atoms with Crippen LogP contribution in [0.3, 0.4) is 0 Å². The average molecular weight is 429 g/mol. The molecule has 0 saturated carbocycles. The molecule has 0 bridgehead atoms. The summed E-state index contributed by atoms with van der Waals surface area (Å²) in [6, 6.07) is 27.6. The van der Waals surface area contributed by atoms with Gasteiger partial charge >= 0.3 is 0 Å². The summed E-state index contributed by atoms with van der Waals surface area (Å²) in [5.74, 6) is 0.183. The van der Waals surface area contributed by atoms with Crippen molar-refractivity contribution in [3.8, 4) is 5.75 Å². The number of carbonyl (C=O) groups is 1. The van der Waals surface area contributed by atoms with Crippen molar-refractivity contribution in [3.05, 3.63) is 125 Å². The van der Waals surface area contributed by atoms with E-state index in [9.17, 15) is 9.18 Å². The molecule has 5 heteroatoms. The summed E-state index contributed by atoms with van der Waals surface area (Å²) in [6.07, 6.45) is 2.00. The summed E-state index contributed by atoms with van der Waals surface area (Å²) in [5, 5.41) is 0. The third-order valence-electron chi connectivity index (χ3n) is 5.34. The van der Waals surface area contributed by atoms with Crippen LogP contribution in [-0.2, 0) is 19.6 Å². The third kappa shape index (κ3) is 5.24. The van der Waals surface area contributed by atoms with Gasteiger partial charge in [-0.3, -0.25) is 4.79 Å². The number of aromatic nitrogens is 1. The van der Waals surface area contributed by atoms with Crippen LogP contribution in [0, 0.1) is 5.82 Å². The summed E-state index contributed by atoms with van der Waals surface area (Å²) < 4.78 is 21.2. The second kappa shape index (κ2) is 9.96. The predicted molar refractivity (Wildman–Crippen MR) is 123 cm³/mol. The van der Waals surface area contributed by atoms with Crippen molar-refractivity contribution < 1.29 is 13.9 Å². The standard InChI is InChI=1S/C27H25FN2O2/c1-32-26-14-5-10-22(16-26)19-29-15-7-13-25(29)20-30(18-21-8-3-2-4-9-21)27(31)23-11-6-12-24(28)17-23/h2-17H,18-20H2,1H3. The summed E-state index contributed by atoms with van der Waals surface area (Å²) in [6.45, 7) is 1.49. The molecule has 32 heavy (non-hydrogen) atoms. The number of methoxy groups -OCH3 is 1. The molecular formula is C27H25FN2O2. The van der Waals surface area contributed by atoms with Crippen LogP contribution < -0.4 is 4.74 Å². The first kappa shape index (κ1) is 21.4. The highest BCUT2D eigenvalue weighted by Gasteiger charge is 2.19. The Bertz CT molecular complexity index is 1190. The minimum Gasteiger partial charge on any atom is -0.497 e. The van der Waals surface area contributed by atoms with Crippen molar-refractivity contribution in [1.29, 1.82) is 0 Å². The Morgan fingerprint density at radius 3 is 2.44 bits per heavy atom. The van der Waals surface area contributed by atoms with Crippen molar-refractivity contribution >= 4 is 5.91 Å². The highest BCUT2D eigenvalue weighted by Crippen LogP contribution is 2.18. The van der Waals surface area contributed by atoms with Crippen molar-refractivity contribution in [2.45, 2.75) is 19.6 Å². The van der Waals surface area contributed by atoms with Gasteiger partial charge in [-0.2, -0.15) is 0 Å². The molecule has 0 N–H and O–H groups in total. The molecule has 1 amide bonds. The van der Waals surface area contributed by atoms with Crippen molar-refractivity contribution in [2.24, 2.45) is 0 Å². The van der Waals surface area contributed by atoms with E-state index in [1.807, 2.05) is 72.9 Å². The molecule has 0 aliphatic heterocycles. The summed E-state index contributed by atoms with van der Waals surface area (Å²) in [4.78, 5) is 15.1. The van der Waals surface area contributed by atoms with E-state index in [0.29, 0.717) is 25.2 Å². The van der Waals surface area contributed by atoms with Crippen LogP contribution in [-0.4, -0.2) is 22.5 Å². The molecule has 4 rings (SSSR count). The molecular weight excluding hydrogens is 403 g/mol. The fourth-order valence-corrected chi connectivity index (χ4v) is 3.72. The molecule has 0 atom stereocenters. The number of ether oxygens (including phenoxy) is 1. The lowest BCUT2D eigenvalue weighted by Crippen LogP contribution is -2.31. The van der Waals surface area contributed by atoms with Gasteiger partial charge in [0.25, 0.3) is 5.91 Å². The first-order valence-electron chi connectivity index (χ1n) is 10.5. The lowest BCUT2D eigenvalue weighted by atomic mass is 10.1. The Morgan fingerprint density at radius 1 is 0.875 bits per heavy atom. The first-order chi connectivity index (χ1) is 15.6. The van der Waals surface area contributed by atoms with E-state index in [-0.39, 0.29) is 5.91 Å². The van der Waals surface area contributed by atoms with E-state index in [2.05, 4.69) is 4.57 Å². The molecule has 0 fully saturated rings. The Kier molecular flexibility index (Phi) is 6.66. The largest absolute Gasteiger partial charge is 0.497 e. The number of rotatable bonds is 8. The Hall–Kier alpha value is -3.86. The van der Waals surface area contributed by atoms with Gasteiger partial charge in [-0.25, -0.2) is 4.39 Å². The van der Waals surface area contributed by atoms with Crippen LogP contribution in [0.1, 0.15) is 27.2 Å². The molecule has 4 aromatic rings. The van der Waals surface area contributed by atoms with Crippen LogP contribution in [0.15, 0.2) is 97.2 Å². The van der Waals surface area contributed by atoms with Crippen molar-refractivity contribution in [1.82, 2.24) is 9.47 Å². The molecule has 1 aromatic heterocycles. The highest BCUT2D eigenvalue weighted by atomic mass is 19.1. The molecule has 3 aromatic carbocycles. The van der Waals surface area contributed by atoms with Gasteiger partial charge < -0.3 is 14.2 Å². The number of halogens is 1. The van der Waals surface area contributed by atoms with E-state index in [0.717, 1.165) is 22.6 Å². The second-order valence-corrected chi connectivity index (χ2v) is 7.64. The molecule has 0 aliphatic carbocycles. The van der Waals surface area contributed by atoms with Gasteiger partial charge in [-0.05, 0) is 53.6 Å². The van der Waals surface area contributed by atoms with Crippen LogP contribution in [0.4, 0.5) is 4.39 Å². The van der Waals surface area contributed by atoms with Gasteiger partial charge in [0, 0.05) is 30.5 Å². The van der Waals surface area contributed by atoms with Gasteiger partial charge in [-0.15, -0.1) is 0 Å². The zero-order valence-electron chi connectivity index (χ0n) is 17.9. The summed E-state index contributed by atoms with van der Waals surface area (Å²) in [5.41, 5.74) is 3.45. The van der Waals surface area contributed by atoms with E-state index in [1.165, 1.54) is 12.1 Å². The van der Waals surface area contributed by atoms with E-state index in [4.69, 9.17) is 4.74 Å². The van der Waals surface area contributed by atoms with Crippen molar-refractivity contribution in [3.63, 3.8) is 0 Å². The molecule has 162 valence electrons. The summed E-state index contributed by atoms with van der Waals surface area (Å²) >= 11 is 0. The topological polar surface area (TPSA) is 34.5 Å². The van der Waals surface area contributed by atoms with Gasteiger partial charge in [0.05, 0.1) is 13.7 Å². The maximum Gasteiger partial charge on any atom is 0.254 e. The highest BCUT2D eigenvalue weighted by molar-refractivity contribution is 5.94. The third-order valence-corrected chi connectivity index (χ3v) is 5.34. The Morgan fingerprint density at radius 2 is 1.66 bits per heavy atom. The number of carbonyl (C=O) groups excluding carboxylic acids is 1.